The minimum absolute atomic E-state index is 0.0535. The normalized spacial score (nSPS) is 10.8. The zero-order chi connectivity index (χ0) is 9.61. The Bertz CT molecular complexity index is 194. The fourth-order valence-electron chi connectivity index (χ4n) is 0.703. The van der Waals surface area contributed by atoms with Crippen molar-refractivity contribution < 1.29 is 15.1 Å². The standard InChI is InChI=1S/C6H10N2O4/c7-3-1-2-6(4-9,5-10)8(11)12/h9-10H,1-2,4-5H2. The molecule has 0 aromatic rings. The van der Waals surface area contributed by atoms with Gasteiger partial charge in [0.15, 0.2) is 0 Å². The lowest BCUT2D eigenvalue weighted by atomic mass is 9.97. The third-order valence-corrected chi connectivity index (χ3v) is 1.68. The van der Waals surface area contributed by atoms with Crippen LogP contribution in [0.25, 0.3) is 0 Å². The molecule has 0 radical (unpaired) electrons. The Morgan fingerprint density at radius 3 is 2.25 bits per heavy atom. The van der Waals surface area contributed by atoms with E-state index in [9.17, 15) is 10.1 Å². The Morgan fingerprint density at radius 1 is 1.50 bits per heavy atom. The smallest absolute Gasteiger partial charge is 0.268 e. The topological polar surface area (TPSA) is 107 Å². The molecule has 0 saturated carbocycles. The number of nitrogens with zero attached hydrogens (tertiary/aromatic N) is 2. The quantitative estimate of drug-likeness (QED) is 0.423. The highest BCUT2D eigenvalue weighted by Gasteiger charge is 2.41. The first-order valence-corrected chi connectivity index (χ1v) is 3.36. The lowest BCUT2D eigenvalue weighted by Gasteiger charge is -2.18. The first-order chi connectivity index (χ1) is 5.63. The van der Waals surface area contributed by atoms with Crippen molar-refractivity contribution in [1.29, 1.82) is 5.26 Å². The van der Waals surface area contributed by atoms with E-state index in [1.807, 2.05) is 0 Å². The minimum atomic E-state index is -1.75. The van der Waals surface area contributed by atoms with Crippen molar-refractivity contribution in [3.05, 3.63) is 10.1 Å². The molecule has 0 atom stereocenters. The van der Waals surface area contributed by atoms with Gasteiger partial charge in [-0.15, -0.1) is 0 Å². The van der Waals surface area contributed by atoms with Crippen molar-refractivity contribution in [3.63, 3.8) is 0 Å². The highest BCUT2D eigenvalue weighted by molar-refractivity contribution is 4.83. The molecule has 0 aliphatic heterocycles. The van der Waals surface area contributed by atoms with Crippen molar-refractivity contribution in [2.75, 3.05) is 13.2 Å². The van der Waals surface area contributed by atoms with Crippen molar-refractivity contribution in [1.82, 2.24) is 0 Å². The average Bonchev–Trinajstić information content (AvgIpc) is 2.07. The van der Waals surface area contributed by atoms with Gasteiger partial charge in [-0.05, 0) is 0 Å². The molecule has 2 N–H and O–H groups in total. The number of hydrogen-bond acceptors (Lipinski definition) is 5. The van der Waals surface area contributed by atoms with E-state index in [0.717, 1.165) is 0 Å². The predicted molar refractivity (Wildman–Crippen MR) is 38.7 cm³/mol. The number of nitro groups is 1. The first-order valence-electron chi connectivity index (χ1n) is 3.36. The molecule has 0 fully saturated rings. The Hall–Kier alpha value is -1.19. The van der Waals surface area contributed by atoms with Gasteiger partial charge in [-0.25, -0.2) is 0 Å². The van der Waals surface area contributed by atoms with E-state index in [1.165, 1.54) is 0 Å². The van der Waals surface area contributed by atoms with Crippen LogP contribution in [0.2, 0.25) is 0 Å². The fourth-order valence-corrected chi connectivity index (χ4v) is 0.703. The Kier molecular flexibility index (Phi) is 4.18. The largest absolute Gasteiger partial charge is 0.389 e. The van der Waals surface area contributed by atoms with Gasteiger partial charge in [-0.2, -0.15) is 5.26 Å². The molecule has 0 aliphatic rings. The lowest BCUT2D eigenvalue weighted by molar-refractivity contribution is -0.578. The molecule has 0 unspecified atom stereocenters. The number of rotatable bonds is 5. The van der Waals surface area contributed by atoms with E-state index in [-0.39, 0.29) is 12.8 Å². The van der Waals surface area contributed by atoms with E-state index in [0.29, 0.717) is 0 Å². The van der Waals surface area contributed by atoms with Crippen LogP contribution in [0.5, 0.6) is 0 Å². The Labute approximate surface area is 69.2 Å². The number of aliphatic hydroxyl groups excluding tert-OH is 2. The van der Waals surface area contributed by atoms with E-state index >= 15 is 0 Å². The van der Waals surface area contributed by atoms with E-state index < -0.39 is 23.7 Å². The summed E-state index contributed by atoms with van der Waals surface area (Å²) in [5.74, 6) is 0. The summed E-state index contributed by atoms with van der Waals surface area (Å²) in [4.78, 5) is 9.62. The predicted octanol–water partition coefficient (Wildman–Crippen LogP) is -0.710. The highest BCUT2D eigenvalue weighted by Crippen LogP contribution is 2.15. The summed E-state index contributed by atoms with van der Waals surface area (Å²) >= 11 is 0. The monoisotopic (exact) mass is 174 g/mol. The van der Waals surface area contributed by atoms with Crippen LogP contribution < -0.4 is 0 Å². The second-order valence-electron chi connectivity index (χ2n) is 2.46. The molecular formula is C6H10N2O4. The maximum absolute atomic E-state index is 10.4. The van der Waals surface area contributed by atoms with Crippen LogP contribution in [0.3, 0.4) is 0 Å². The summed E-state index contributed by atoms with van der Waals surface area (Å²) in [6.07, 6.45) is -0.189. The first kappa shape index (κ1) is 10.8. The zero-order valence-electron chi connectivity index (χ0n) is 6.43. The summed E-state index contributed by atoms with van der Waals surface area (Å²) in [6, 6.07) is 1.72. The molecule has 0 bridgehead atoms. The molecule has 0 aromatic carbocycles. The van der Waals surface area contributed by atoms with Gasteiger partial charge in [0.25, 0.3) is 5.54 Å². The van der Waals surface area contributed by atoms with Crippen LogP contribution in [0, 0.1) is 21.4 Å². The molecule has 0 spiro atoms. The third-order valence-electron chi connectivity index (χ3n) is 1.68. The number of nitriles is 1. The molecule has 0 heterocycles. The number of hydrogen-bond donors (Lipinski definition) is 2. The molecule has 6 nitrogen and oxygen atoms in total. The maximum Gasteiger partial charge on any atom is 0.268 e. The molecule has 6 heteroatoms. The van der Waals surface area contributed by atoms with Gasteiger partial charge in [0, 0.05) is 17.8 Å². The van der Waals surface area contributed by atoms with Gasteiger partial charge in [-0.1, -0.05) is 0 Å². The zero-order valence-corrected chi connectivity index (χ0v) is 6.43. The van der Waals surface area contributed by atoms with Crippen LogP contribution in [0.15, 0.2) is 0 Å². The van der Waals surface area contributed by atoms with Gasteiger partial charge >= 0.3 is 0 Å². The Balaban J connectivity index is 4.38. The van der Waals surface area contributed by atoms with Crippen molar-refractivity contribution in [2.45, 2.75) is 18.4 Å². The van der Waals surface area contributed by atoms with Gasteiger partial charge in [-0.3, -0.25) is 10.1 Å². The summed E-state index contributed by atoms with van der Waals surface area (Å²) < 4.78 is 0. The molecular weight excluding hydrogens is 164 g/mol. The van der Waals surface area contributed by atoms with Crippen LogP contribution in [-0.2, 0) is 0 Å². The third kappa shape index (κ3) is 2.15. The fraction of sp³-hybridized carbons (Fsp3) is 0.833. The summed E-state index contributed by atoms with van der Waals surface area (Å²) in [5, 5.41) is 35.9. The van der Waals surface area contributed by atoms with Gasteiger partial charge in [0.1, 0.15) is 13.2 Å². The molecule has 12 heavy (non-hydrogen) atoms. The van der Waals surface area contributed by atoms with Gasteiger partial charge < -0.3 is 10.2 Å². The van der Waals surface area contributed by atoms with Crippen molar-refractivity contribution in [2.24, 2.45) is 0 Å². The molecule has 0 amide bonds. The Morgan fingerprint density at radius 2 is 2.00 bits per heavy atom. The van der Waals surface area contributed by atoms with Crippen LogP contribution in [0.1, 0.15) is 12.8 Å². The SMILES string of the molecule is N#CCCC(CO)(CO)[N+](=O)[O-]. The second-order valence-corrected chi connectivity index (χ2v) is 2.46. The minimum Gasteiger partial charge on any atom is -0.389 e. The van der Waals surface area contributed by atoms with E-state index in [1.54, 1.807) is 6.07 Å². The van der Waals surface area contributed by atoms with Crippen molar-refractivity contribution >= 4 is 0 Å². The molecule has 0 rings (SSSR count). The summed E-state index contributed by atoms with van der Waals surface area (Å²) in [5.41, 5.74) is -1.75. The molecule has 0 saturated heterocycles. The lowest BCUT2D eigenvalue weighted by Crippen LogP contribution is -2.45. The summed E-state index contributed by atoms with van der Waals surface area (Å²) in [6.45, 7) is -1.50. The van der Waals surface area contributed by atoms with Gasteiger partial charge in [0.2, 0.25) is 0 Å². The van der Waals surface area contributed by atoms with Gasteiger partial charge in [0.05, 0.1) is 6.07 Å². The van der Waals surface area contributed by atoms with Crippen molar-refractivity contribution in [3.8, 4) is 6.07 Å². The maximum atomic E-state index is 10.4. The number of aliphatic hydroxyl groups is 2. The highest BCUT2D eigenvalue weighted by atomic mass is 16.6. The van der Waals surface area contributed by atoms with E-state index in [2.05, 4.69) is 0 Å². The molecule has 0 aliphatic carbocycles. The van der Waals surface area contributed by atoms with E-state index in [4.69, 9.17) is 15.5 Å². The second kappa shape index (κ2) is 4.64. The van der Waals surface area contributed by atoms with Crippen LogP contribution in [-0.4, -0.2) is 33.9 Å². The average molecular weight is 174 g/mol. The molecule has 68 valence electrons. The van der Waals surface area contributed by atoms with Crippen LogP contribution >= 0.6 is 0 Å². The molecule has 0 aromatic heterocycles. The summed E-state index contributed by atoms with van der Waals surface area (Å²) in [7, 11) is 0. The van der Waals surface area contributed by atoms with Crippen LogP contribution in [0.4, 0.5) is 0 Å².